The fourth-order valence-corrected chi connectivity index (χ4v) is 3.32. The summed E-state index contributed by atoms with van der Waals surface area (Å²) in [6, 6.07) is 0. The second-order valence-corrected chi connectivity index (χ2v) is 6.88. The van der Waals surface area contributed by atoms with Gasteiger partial charge in [-0.25, -0.2) is 0 Å². The average molecular weight is 239 g/mol. The zero-order valence-corrected chi connectivity index (χ0v) is 11.8. The summed E-state index contributed by atoms with van der Waals surface area (Å²) < 4.78 is 0. The van der Waals surface area contributed by atoms with Crippen LogP contribution in [0.2, 0.25) is 0 Å². The molecule has 2 rings (SSSR count). The van der Waals surface area contributed by atoms with Crippen molar-refractivity contribution in [2.45, 2.75) is 45.1 Å². The number of hydrogen-bond acceptors (Lipinski definition) is 3. The van der Waals surface area contributed by atoms with E-state index in [1.54, 1.807) is 0 Å². The molecule has 17 heavy (non-hydrogen) atoms. The van der Waals surface area contributed by atoms with Crippen molar-refractivity contribution in [1.82, 2.24) is 9.80 Å². The molecular formula is C14H29N3. The highest BCUT2D eigenvalue weighted by molar-refractivity contribution is 4.99. The van der Waals surface area contributed by atoms with Gasteiger partial charge in [-0.05, 0) is 38.1 Å². The van der Waals surface area contributed by atoms with E-state index in [2.05, 4.69) is 30.7 Å². The second-order valence-electron chi connectivity index (χ2n) is 6.88. The zero-order valence-electron chi connectivity index (χ0n) is 11.8. The molecule has 0 aromatic carbocycles. The van der Waals surface area contributed by atoms with E-state index in [0.29, 0.717) is 11.0 Å². The van der Waals surface area contributed by atoms with Gasteiger partial charge in [-0.3, -0.25) is 4.90 Å². The predicted molar refractivity (Wildman–Crippen MR) is 73.1 cm³/mol. The molecule has 2 N–H and O–H groups in total. The zero-order chi connectivity index (χ0) is 12.5. The topological polar surface area (TPSA) is 32.5 Å². The van der Waals surface area contributed by atoms with E-state index in [9.17, 15) is 0 Å². The minimum Gasteiger partial charge on any atom is -0.329 e. The van der Waals surface area contributed by atoms with Crippen LogP contribution in [0.4, 0.5) is 0 Å². The second kappa shape index (κ2) is 4.87. The summed E-state index contributed by atoms with van der Waals surface area (Å²) in [5.41, 5.74) is 6.99. The van der Waals surface area contributed by atoms with E-state index >= 15 is 0 Å². The summed E-state index contributed by atoms with van der Waals surface area (Å²) in [5, 5.41) is 0. The highest BCUT2D eigenvalue weighted by Gasteiger charge is 2.42. The largest absolute Gasteiger partial charge is 0.329 e. The Morgan fingerprint density at radius 1 is 0.941 bits per heavy atom. The van der Waals surface area contributed by atoms with E-state index in [4.69, 9.17) is 5.73 Å². The van der Waals surface area contributed by atoms with Gasteiger partial charge in [0.15, 0.2) is 0 Å². The van der Waals surface area contributed by atoms with Crippen molar-refractivity contribution in [3.63, 3.8) is 0 Å². The third-order valence-corrected chi connectivity index (χ3v) is 5.09. The Morgan fingerprint density at radius 2 is 1.47 bits per heavy atom. The quantitative estimate of drug-likeness (QED) is 0.793. The Bertz CT molecular complexity index is 244. The van der Waals surface area contributed by atoms with Crippen LogP contribution in [0.5, 0.6) is 0 Å². The first-order chi connectivity index (χ1) is 7.97. The molecule has 0 aromatic heterocycles. The number of likely N-dealkylation sites (N-methyl/N-ethyl adjacent to an activating group) is 1. The summed E-state index contributed by atoms with van der Waals surface area (Å²) in [4.78, 5) is 5.11. The molecule has 0 radical (unpaired) electrons. The van der Waals surface area contributed by atoms with Gasteiger partial charge < -0.3 is 10.6 Å². The van der Waals surface area contributed by atoms with Gasteiger partial charge in [0.05, 0.1) is 0 Å². The molecule has 1 saturated carbocycles. The Kier molecular flexibility index (Phi) is 3.81. The molecule has 0 spiro atoms. The first-order valence-corrected chi connectivity index (χ1v) is 7.11. The third-order valence-electron chi connectivity index (χ3n) is 5.09. The summed E-state index contributed by atoms with van der Waals surface area (Å²) in [6.45, 7) is 10.4. The van der Waals surface area contributed by atoms with Crippen molar-refractivity contribution in [1.29, 1.82) is 0 Å². The summed E-state index contributed by atoms with van der Waals surface area (Å²) in [5.74, 6) is 0. The maximum atomic E-state index is 6.14. The molecule has 0 aromatic rings. The Labute approximate surface area is 106 Å². The van der Waals surface area contributed by atoms with Gasteiger partial charge in [0.2, 0.25) is 0 Å². The molecule has 0 unspecified atom stereocenters. The van der Waals surface area contributed by atoms with Crippen LogP contribution in [0.15, 0.2) is 0 Å². The number of hydrogen-bond donors (Lipinski definition) is 1. The Morgan fingerprint density at radius 3 is 1.94 bits per heavy atom. The lowest BCUT2D eigenvalue weighted by atomic mass is 9.68. The van der Waals surface area contributed by atoms with Crippen molar-refractivity contribution >= 4 is 0 Å². The standard InChI is InChI=1S/C14H29N3/c1-13(2)4-6-14(12-15,7-5-13)17-10-8-16(3)9-11-17/h4-12,15H2,1-3H3. The first kappa shape index (κ1) is 13.3. The molecule has 2 aliphatic rings. The Hall–Kier alpha value is -0.120. The highest BCUT2D eigenvalue weighted by atomic mass is 15.3. The molecule has 1 aliphatic carbocycles. The van der Waals surface area contributed by atoms with Gasteiger partial charge in [-0.1, -0.05) is 13.8 Å². The molecule has 2 fully saturated rings. The van der Waals surface area contributed by atoms with E-state index in [1.807, 2.05) is 0 Å². The molecule has 0 bridgehead atoms. The number of nitrogens with two attached hydrogens (primary N) is 1. The average Bonchev–Trinajstić information content (AvgIpc) is 2.31. The lowest BCUT2D eigenvalue weighted by molar-refractivity contribution is -0.00421. The predicted octanol–water partition coefficient (Wildman–Crippen LogP) is 1.53. The smallest absolute Gasteiger partial charge is 0.0333 e. The van der Waals surface area contributed by atoms with Crippen LogP contribution in [0.25, 0.3) is 0 Å². The van der Waals surface area contributed by atoms with Gasteiger partial charge in [0.1, 0.15) is 0 Å². The maximum absolute atomic E-state index is 6.14. The van der Waals surface area contributed by atoms with Crippen LogP contribution in [-0.4, -0.2) is 55.1 Å². The van der Waals surface area contributed by atoms with Crippen LogP contribution >= 0.6 is 0 Å². The van der Waals surface area contributed by atoms with Gasteiger partial charge >= 0.3 is 0 Å². The maximum Gasteiger partial charge on any atom is 0.0333 e. The monoisotopic (exact) mass is 239 g/mol. The molecule has 3 heteroatoms. The molecular weight excluding hydrogens is 210 g/mol. The molecule has 1 saturated heterocycles. The van der Waals surface area contributed by atoms with E-state index in [-0.39, 0.29) is 0 Å². The van der Waals surface area contributed by atoms with Crippen LogP contribution in [0, 0.1) is 5.41 Å². The molecule has 1 heterocycles. The lowest BCUT2D eigenvalue weighted by Gasteiger charge is -2.51. The van der Waals surface area contributed by atoms with Gasteiger partial charge in [-0.2, -0.15) is 0 Å². The van der Waals surface area contributed by atoms with E-state index in [0.717, 1.165) is 6.54 Å². The SMILES string of the molecule is CN1CCN(C2(CN)CCC(C)(C)CC2)CC1. The lowest BCUT2D eigenvalue weighted by Crippen LogP contribution is -2.61. The number of piperazine rings is 1. The molecule has 0 amide bonds. The third kappa shape index (κ3) is 2.83. The highest BCUT2D eigenvalue weighted by Crippen LogP contribution is 2.42. The van der Waals surface area contributed by atoms with Crippen LogP contribution in [-0.2, 0) is 0 Å². The fraction of sp³-hybridized carbons (Fsp3) is 1.00. The molecule has 1 aliphatic heterocycles. The first-order valence-electron chi connectivity index (χ1n) is 7.11. The van der Waals surface area contributed by atoms with E-state index in [1.165, 1.54) is 51.9 Å². The molecule has 0 atom stereocenters. The van der Waals surface area contributed by atoms with Crippen LogP contribution < -0.4 is 5.73 Å². The molecule has 3 nitrogen and oxygen atoms in total. The summed E-state index contributed by atoms with van der Waals surface area (Å²) in [6.07, 6.45) is 5.24. The van der Waals surface area contributed by atoms with E-state index < -0.39 is 0 Å². The van der Waals surface area contributed by atoms with Crippen LogP contribution in [0.3, 0.4) is 0 Å². The number of nitrogens with zero attached hydrogens (tertiary/aromatic N) is 2. The summed E-state index contributed by atoms with van der Waals surface area (Å²) >= 11 is 0. The fourth-order valence-electron chi connectivity index (χ4n) is 3.32. The van der Waals surface area contributed by atoms with Gasteiger partial charge in [-0.15, -0.1) is 0 Å². The minimum absolute atomic E-state index is 0.316. The van der Waals surface area contributed by atoms with Crippen LogP contribution in [0.1, 0.15) is 39.5 Å². The van der Waals surface area contributed by atoms with Crippen molar-refractivity contribution in [2.75, 3.05) is 39.8 Å². The van der Waals surface area contributed by atoms with Crippen molar-refractivity contribution in [3.05, 3.63) is 0 Å². The minimum atomic E-state index is 0.316. The Balaban J connectivity index is 2.00. The van der Waals surface area contributed by atoms with Gasteiger partial charge in [0.25, 0.3) is 0 Å². The van der Waals surface area contributed by atoms with Crippen molar-refractivity contribution in [3.8, 4) is 0 Å². The van der Waals surface area contributed by atoms with Crippen molar-refractivity contribution in [2.24, 2.45) is 11.1 Å². The number of rotatable bonds is 2. The normalized spacial score (nSPS) is 30.4. The summed E-state index contributed by atoms with van der Waals surface area (Å²) in [7, 11) is 2.22. The van der Waals surface area contributed by atoms with Crippen molar-refractivity contribution < 1.29 is 0 Å². The van der Waals surface area contributed by atoms with Gasteiger partial charge in [0, 0.05) is 38.3 Å². The molecule has 100 valence electrons.